The molecule has 0 aromatic heterocycles. The van der Waals surface area contributed by atoms with Gasteiger partial charge >= 0.3 is 0 Å². The summed E-state index contributed by atoms with van der Waals surface area (Å²) in [6.45, 7) is 0. The van der Waals surface area contributed by atoms with Crippen molar-refractivity contribution in [1.29, 1.82) is 0 Å². The Kier molecular flexibility index (Phi) is 2.07. The van der Waals surface area contributed by atoms with E-state index in [1.807, 2.05) is 12.2 Å². The maximum Gasteiger partial charge on any atom is 0.0312 e. The molecule has 0 bridgehead atoms. The van der Waals surface area contributed by atoms with Crippen molar-refractivity contribution in [3.63, 3.8) is 0 Å². The predicted octanol–water partition coefficient (Wildman–Crippen LogP) is 1.06. The van der Waals surface area contributed by atoms with E-state index in [9.17, 15) is 0 Å². The molecule has 0 saturated heterocycles. The molecule has 1 aliphatic rings. The molecule has 0 aliphatic heterocycles. The summed E-state index contributed by atoms with van der Waals surface area (Å²) in [5, 5.41) is 3.45. The molecule has 0 saturated carbocycles. The van der Waals surface area contributed by atoms with E-state index < -0.39 is 0 Å². The second-order valence-corrected chi connectivity index (χ2v) is 2.01. The lowest BCUT2D eigenvalue weighted by Crippen LogP contribution is -2.00. The summed E-state index contributed by atoms with van der Waals surface area (Å²) in [7, 11) is 0. The summed E-state index contributed by atoms with van der Waals surface area (Å²) in [5.41, 5.74) is 0. The van der Waals surface area contributed by atoms with Crippen molar-refractivity contribution < 1.29 is 0 Å². The largest absolute Gasteiger partial charge is 0.324 e. The predicted molar refractivity (Wildman–Crippen MR) is 39.1 cm³/mol. The van der Waals surface area contributed by atoms with Crippen molar-refractivity contribution in [2.45, 2.75) is 6.42 Å². The molecule has 0 aromatic rings. The van der Waals surface area contributed by atoms with Crippen molar-refractivity contribution in [1.82, 2.24) is 0 Å². The first kappa shape index (κ1) is 6.08. The van der Waals surface area contributed by atoms with E-state index in [1.165, 1.54) is 0 Å². The molecule has 9 heavy (non-hydrogen) atoms. The zero-order chi connectivity index (χ0) is 6.53. The Labute approximate surface area is 54.7 Å². The molecule has 1 rings (SSSR count). The third kappa shape index (κ3) is 1.72. The van der Waals surface area contributed by atoms with Gasteiger partial charge in [-0.2, -0.15) is 5.10 Å². The van der Waals surface area contributed by atoms with Crippen LogP contribution in [0.3, 0.4) is 0 Å². The number of hydrogen-bond acceptors (Lipinski definition) is 2. The van der Waals surface area contributed by atoms with Crippen LogP contribution in [0.5, 0.6) is 0 Å². The second-order valence-electron chi connectivity index (χ2n) is 2.01. The van der Waals surface area contributed by atoms with Crippen LogP contribution in [0.1, 0.15) is 6.42 Å². The van der Waals surface area contributed by atoms with E-state index in [-0.39, 0.29) is 0 Å². The van der Waals surface area contributed by atoms with E-state index in [4.69, 9.17) is 5.84 Å². The highest BCUT2D eigenvalue weighted by Crippen LogP contribution is 2.07. The standard InChI is InChI=1S/C7H10N2/c8-9-6-7-4-2-1-3-5-7/h1-4,6-7H,5,8H2/t7-/m0/s1. The SMILES string of the molecule is NN=C[C@H]1C=CC=CC1. The molecule has 1 atom stereocenters. The van der Waals surface area contributed by atoms with Crippen LogP contribution < -0.4 is 5.84 Å². The molecule has 0 aromatic carbocycles. The van der Waals surface area contributed by atoms with Crippen LogP contribution in [0, 0.1) is 5.92 Å². The number of hydrogen-bond donors (Lipinski definition) is 1. The van der Waals surface area contributed by atoms with Crippen molar-refractivity contribution in [2.24, 2.45) is 16.9 Å². The van der Waals surface area contributed by atoms with Crippen LogP contribution in [0.2, 0.25) is 0 Å². The molecule has 0 amide bonds. The Hall–Kier alpha value is -1.05. The van der Waals surface area contributed by atoms with Gasteiger partial charge in [0.05, 0.1) is 0 Å². The maximum atomic E-state index is 4.97. The van der Waals surface area contributed by atoms with Gasteiger partial charge in [0, 0.05) is 12.1 Å². The fourth-order valence-corrected chi connectivity index (χ4v) is 0.821. The minimum Gasteiger partial charge on any atom is -0.324 e. The topological polar surface area (TPSA) is 38.4 Å². The lowest BCUT2D eigenvalue weighted by atomic mass is 10.0. The van der Waals surface area contributed by atoms with Crippen molar-refractivity contribution >= 4 is 6.21 Å². The Morgan fingerprint density at radius 3 is 3.00 bits per heavy atom. The van der Waals surface area contributed by atoms with Gasteiger partial charge in [-0.3, -0.25) is 0 Å². The fraction of sp³-hybridized carbons (Fsp3) is 0.286. The molecule has 48 valence electrons. The lowest BCUT2D eigenvalue weighted by Gasteiger charge is -2.03. The summed E-state index contributed by atoms with van der Waals surface area (Å²) < 4.78 is 0. The van der Waals surface area contributed by atoms with E-state index in [2.05, 4.69) is 17.3 Å². The lowest BCUT2D eigenvalue weighted by molar-refractivity contribution is 0.882. The van der Waals surface area contributed by atoms with Gasteiger partial charge in [-0.15, -0.1) is 0 Å². The zero-order valence-electron chi connectivity index (χ0n) is 5.20. The average molecular weight is 122 g/mol. The molecule has 2 N–H and O–H groups in total. The second kappa shape index (κ2) is 3.07. The molecule has 1 aliphatic carbocycles. The average Bonchev–Trinajstić information content (AvgIpc) is 1.91. The molecule has 0 unspecified atom stereocenters. The van der Waals surface area contributed by atoms with Crippen LogP contribution in [-0.4, -0.2) is 6.21 Å². The fourth-order valence-electron chi connectivity index (χ4n) is 0.821. The minimum atomic E-state index is 0.417. The summed E-state index contributed by atoms with van der Waals surface area (Å²) >= 11 is 0. The first-order chi connectivity index (χ1) is 4.43. The van der Waals surface area contributed by atoms with Gasteiger partial charge in [0.1, 0.15) is 0 Å². The molecule has 2 nitrogen and oxygen atoms in total. The van der Waals surface area contributed by atoms with Gasteiger partial charge in [0.15, 0.2) is 0 Å². The Balaban J connectivity index is 2.46. The highest BCUT2D eigenvalue weighted by Gasteiger charge is 1.98. The smallest absolute Gasteiger partial charge is 0.0312 e. The molecule has 0 spiro atoms. The quantitative estimate of drug-likeness (QED) is 0.315. The summed E-state index contributed by atoms with van der Waals surface area (Å²) in [6.07, 6.45) is 11.0. The maximum absolute atomic E-state index is 4.97. The highest BCUT2D eigenvalue weighted by atomic mass is 15.1. The number of rotatable bonds is 1. The number of allylic oxidation sites excluding steroid dienone is 4. The number of nitrogens with zero attached hydrogens (tertiary/aromatic N) is 1. The summed E-state index contributed by atoms with van der Waals surface area (Å²) in [4.78, 5) is 0. The van der Waals surface area contributed by atoms with Crippen LogP contribution in [0.4, 0.5) is 0 Å². The number of hydrazone groups is 1. The van der Waals surface area contributed by atoms with Crippen molar-refractivity contribution in [3.8, 4) is 0 Å². The van der Waals surface area contributed by atoms with Crippen molar-refractivity contribution in [3.05, 3.63) is 24.3 Å². The van der Waals surface area contributed by atoms with Gasteiger partial charge < -0.3 is 5.84 Å². The van der Waals surface area contributed by atoms with Crippen molar-refractivity contribution in [2.75, 3.05) is 0 Å². The van der Waals surface area contributed by atoms with Crippen LogP contribution >= 0.6 is 0 Å². The minimum absolute atomic E-state index is 0.417. The van der Waals surface area contributed by atoms with Gasteiger partial charge in [-0.05, 0) is 6.42 Å². The third-order valence-corrected chi connectivity index (χ3v) is 1.29. The monoisotopic (exact) mass is 122 g/mol. The Morgan fingerprint density at radius 2 is 2.44 bits per heavy atom. The van der Waals surface area contributed by atoms with E-state index in [0.29, 0.717) is 5.92 Å². The van der Waals surface area contributed by atoms with Crippen LogP contribution in [0.15, 0.2) is 29.4 Å². The molecule has 0 radical (unpaired) electrons. The normalized spacial score (nSPS) is 25.6. The van der Waals surface area contributed by atoms with Crippen LogP contribution in [0.25, 0.3) is 0 Å². The molecule has 0 fully saturated rings. The molecular formula is C7H10N2. The van der Waals surface area contributed by atoms with Gasteiger partial charge in [-0.25, -0.2) is 0 Å². The van der Waals surface area contributed by atoms with Gasteiger partial charge in [-0.1, -0.05) is 24.3 Å². The van der Waals surface area contributed by atoms with E-state index in [0.717, 1.165) is 6.42 Å². The van der Waals surface area contributed by atoms with Gasteiger partial charge in [0.2, 0.25) is 0 Å². The molecule has 2 heteroatoms. The van der Waals surface area contributed by atoms with E-state index in [1.54, 1.807) is 6.21 Å². The first-order valence-corrected chi connectivity index (χ1v) is 3.00. The number of nitrogens with two attached hydrogens (primary N) is 1. The Morgan fingerprint density at radius 1 is 1.56 bits per heavy atom. The third-order valence-electron chi connectivity index (χ3n) is 1.29. The summed E-state index contributed by atoms with van der Waals surface area (Å²) in [6, 6.07) is 0. The highest BCUT2D eigenvalue weighted by molar-refractivity contribution is 5.63. The summed E-state index contributed by atoms with van der Waals surface area (Å²) in [5.74, 6) is 5.39. The van der Waals surface area contributed by atoms with E-state index >= 15 is 0 Å². The van der Waals surface area contributed by atoms with Crippen LogP contribution in [-0.2, 0) is 0 Å². The Bertz CT molecular complexity index is 156. The molecule has 0 heterocycles. The molecular weight excluding hydrogens is 112 g/mol. The first-order valence-electron chi connectivity index (χ1n) is 3.00. The zero-order valence-corrected chi connectivity index (χ0v) is 5.20. The van der Waals surface area contributed by atoms with Gasteiger partial charge in [0.25, 0.3) is 0 Å².